The summed E-state index contributed by atoms with van der Waals surface area (Å²) in [4.78, 5) is 14.6. The zero-order valence-corrected chi connectivity index (χ0v) is 17.2. The number of amides is 1. The quantitative estimate of drug-likeness (QED) is 0.679. The highest BCUT2D eigenvalue weighted by Gasteiger charge is 2.35. The normalized spacial score (nSPS) is 19.4. The van der Waals surface area contributed by atoms with Crippen molar-refractivity contribution in [2.24, 2.45) is 5.41 Å². The fourth-order valence-corrected chi connectivity index (χ4v) is 4.11. The van der Waals surface area contributed by atoms with Crippen molar-refractivity contribution >= 4 is 12.0 Å². The summed E-state index contributed by atoms with van der Waals surface area (Å²) >= 11 is 0. The SMILES string of the molecule is COc1ccc(C=CC(=O)N2CCCC(CO)(CCCc3ccccc3)C2)cc1. The molecule has 154 valence electrons. The maximum Gasteiger partial charge on any atom is 0.246 e. The predicted molar refractivity (Wildman–Crippen MR) is 117 cm³/mol. The van der Waals surface area contributed by atoms with Gasteiger partial charge in [-0.25, -0.2) is 0 Å². The molecular weight excluding hydrogens is 362 g/mol. The second-order valence-corrected chi connectivity index (χ2v) is 7.97. The van der Waals surface area contributed by atoms with Crippen LogP contribution in [0, 0.1) is 5.41 Å². The van der Waals surface area contributed by atoms with E-state index in [4.69, 9.17) is 4.74 Å². The summed E-state index contributed by atoms with van der Waals surface area (Å²) in [5, 5.41) is 10.1. The van der Waals surface area contributed by atoms with Crippen LogP contribution in [0.15, 0.2) is 60.7 Å². The van der Waals surface area contributed by atoms with E-state index in [-0.39, 0.29) is 17.9 Å². The van der Waals surface area contributed by atoms with Gasteiger partial charge < -0.3 is 14.7 Å². The minimum absolute atomic E-state index is 0.0152. The van der Waals surface area contributed by atoms with Gasteiger partial charge in [-0.3, -0.25) is 4.79 Å². The third-order valence-electron chi connectivity index (χ3n) is 5.86. The van der Waals surface area contributed by atoms with Gasteiger partial charge in [-0.15, -0.1) is 0 Å². The maximum absolute atomic E-state index is 12.7. The first-order valence-electron chi connectivity index (χ1n) is 10.4. The van der Waals surface area contributed by atoms with E-state index in [1.54, 1.807) is 13.2 Å². The van der Waals surface area contributed by atoms with Crippen molar-refractivity contribution in [2.45, 2.75) is 32.1 Å². The molecule has 1 aliphatic rings. The molecule has 0 aromatic heterocycles. The largest absolute Gasteiger partial charge is 0.497 e. The molecule has 1 unspecified atom stereocenters. The molecular formula is C25H31NO3. The van der Waals surface area contributed by atoms with Gasteiger partial charge in [-0.1, -0.05) is 42.5 Å². The minimum Gasteiger partial charge on any atom is -0.497 e. The van der Waals surface area contributed by atoms with Crippen LogP contribution in [0.25, 0.3) is 6.08 Å². The number of hydrogen-bond acceptors (Lipinski definition) is 3. The molecule has 1 N–H and O–H groups in total. The first-order valence-corrected chi connectivity index (χ1v) is 10.4. The van der Waals surface area contributed by atoms with Crippen LogP contribution in [0.3, 0.4) is 0 Å². The lowest BCUT2D eigenvalue weighted by atomic mass is 9.76. The first kappa shape index (κ1) is 21.1. The Morgan fingerprint density at radius 3 is 2.62 bits per heavy atom. The van der Waals surface area contributed by atoms with Gasteiger partial charge in [-0.05, 0) is 61.4 Å². The van der Waals surface area contributed by atoms with E-state index in [2.05, 4.69) is 24.3 Å². The van der Waals surface area contributed by atoms with Crippen LogP contribution >= 0.6 is 0 Å². The molecule has 0 saturated carbocycles. The van der Waals surface area contributed by atoms with Crippen LogP contribution in [0.1, 0.15) is 36.8 Å². The van der Waals surface area contributed by atoms with Crippen LogP contribution in [0.2, 0.25) is 0 Å². The molecule has 1 amide bonds. The third kappa shape index (κ3) is 5.94. The highest BCUT2D eigenvalue weighted by molar-refractivity contribution is 5.91. The molecule has 1 aliphatic heterocycles. The number of benzene rings is 2. The Labute approximate surface area is 173 Å². The van der Waals surface area contributed by atoms with Gasteiger partial charge in [0.05, 0.1) is 13.7 Å². The number of methoxy groups -OCH3 is 1. The second kappa shape index (κ2) is 10.3. The number of piperidine rings is 1. The number of carbonyl (C=O) groups excluding carboxylic acids is 1. The van der Waals surface area contributed by atoms with Gasteiger partial charge >= 0.3 is 0 Å². The highest BCUT2D eigenvalue weighted by Crippen LogP contribution is 2.35. The molecule has 2 aromatic carbocycles. The summed E-state index contributed by atoms with van der Waals surface area (Å²) in [5.41, 5.74) is 2.11. The van der Waals surface area contributed by atoms with Gasteiger partial charge in [0.2, 0.25) is 5.91 Å². The summed E-state index contributed by atoms with van der Waals surface area (Å²) in [5.74, 6) is 0.814. The molecule has 0 spiro atoms. The smallest absolute Gasteiger partial charge is 0.246 e. The molecule has 4 heteroatoms. The molecule has 4 nitrogen and oxygen atoms in total. The minimum atomic E-state index is -0.184. The van der Waals surface area contributed by atoms with E-state index in [1.807, 2.05) is 41.3 Å². The fourth-order valence-electron chi connectivity index (χ4n) is 4.11. The molecule has 0 radical (unpaired) electrons. The monoisotopic (exact) mass is 393 g/mol. The van der Waals surface area contributed by atoms with E-state index < -0.39 is 0 Å². The van der Waals surface area contributed by atoms with Crippen molar-refractivity contribution in [3.05, 3.63) is 71.8 Å². The number of ether oxygens (including phenoxy) is 1. The lowest BCUT2D eigenvalue weighted by Gasteiger charge is -2.41. The van der Waals surface area contributed by atoms with Crippen LogP contribution < -0.4 is 4.74 Å². The second-order valence-electron chi connectivity index (χ2n) is 7.97. The van der Waals surface area contributed by atoms with Crippen LogP contribution in [0.5, 0.6) is 5.75 Å². The van der Waals surface area contributed by atoms with E-state index in [0.29, 0.717) is 6.54 Å². The van der Waals surface area contributed by atoms with Gasteiger partial charge in [0, 0.05) is 24.6 Å². The molecule has 0 bridgehead atoms. The van der Waals surface area contributed by atoms with Gasteiger partial charge in [0.15, 0.2) is 0 Å². The van der Waals surface area contributed by atoms with Gasteiger partial charge in [-0.2, -0.15) is 0 Å². The Morgan fingerprint density at radius 2 is 1.93 bits per heavy atom. The van der Waals surface area contributed by atoms with Crippen LogP contribution in [0.4, 0.5) is 0 Å². The summed E-state index contributed by atoms with van der Waals surface area (Å²) in [6.07, 6.45) is 8.36. The summed E-state index contributed by atoms with van der Waals surface area (Å²) in [6, 6.07) is 18.1. The van der Waals surface area contributed by atoms with Crippen molar-refractivity contribution in [1.29, 1.82) is 0 Å². The Morgan fingerprint density at radius 1 is 1.17 bits per heavy atom. The number of carbonyl (C=O) groups is 1. The number of aliphatic hydroxyl groups excluding tert-OH is 1. The summed E-state index contributed by atoms with van der Waals surface area (Å²) in [7, 11) is 1.64. The number of aliphatic hydroxyl groups is 1. The third-order valence-corrected chi connectivity index (χ3v) is 5.86. The summed E-state index contributed by atoms with van der Waals surface area (Å²) < 4.78 is 5.16. The molecule has 1 fully saturated rings. The Kier molecular flexibility index (Phi) is 7.48. The first-order chi connectivity index (χ1) is 14.1. The Balaban J connectivity index is 1.56. The number of hydrogen-bond donors (Lipinski definition) is 1. The van der Waals surface area contributed by atoms with Crippen molar-refractivity contribution in [1.82, 2.24) is 4.90 Å². The number of likely N-dealkylation sites (tertiary alicyclic amines) is 1. The Hall–Kier alpha value is -2.59. The van der Waals surface area contributed by atoms with Gasteiger partial charge in [0.1, 0.15) is 5.75 Å². The van der Waals surface area contributed by atoms with E-state index >= 15 is 0 Å². The van der Waals surface area contributed by atoms with E-state index in [1.165, 1.54) is 5.56 Å². The molecule has 3 rings (SSSR count). The molecule has 1 saturated heterocycles. The fraction of sp³-hybridized carbons (Fsp3) is 0.400. The molecule has 29 heavy (non-hydrogen) atoms. The zero-order chi connectivity index (χ0) is 20.5. The topological polar surface area (TPSA) is 49.8 Å². The van der Waals surface area contributed by atoms with Crippen LogP contribution in [-0.2, 0) is 11.2 Å². The predicted octanol–water partition coefficient (Wildman–Crippen LogP) is 4.33. The highest BCUT2D eigenvalue weighted by atomic mass is 16.5. The van der Waals surface area contributed by atoms with Crippen molar-refractivity contribution in [2.75, 3.05) is 26.8 Å². The summed E-state index contributed by atoms with van der Waals surface area (Å²) in [6.45, 7) is 1.52. The van der Waals surface area contributed by atoms with E-state index in [9.17, 15) is 9.90 Å². The number of nitrogens with zero attached hydrogens (tertiary/aromatic N) is 1. The van der Waals surface area contributed by atoms with E-state index in [0.717, 1.165) is 50.0 Å². The lowest BCUT2D eigenvalue weighted by molar-refractivity contribution is -0.130. The maximum atomic E-state index is 12.7. The zero-order valence-electron chi connectivity index (χ0n) is 17.2. The van der Waals surface area contributed by atoms with Gasteiger partial charge in [0.25, 0.3) is 0 Å². The number of rotatable bonds is 8. The molecule has 2 aromatic rings. The number of aryl methyl sites for hydroxylation is 1. The van der Waals surface area contributed by atoms with Crippen molar-refractivity contribution in [3.8, 4) is 5.75 Å². The average Bonchev–Trinajstić information content (AvgIpc) is 2.78. The Bertz CT molecular complexity index is 801. The van der Waals surface area contributed by atoms with Crippen molar-refractivity contribution < 1.29 is 14.6 Å². The van der Waals surface area contributed by atoms with Crippen LogP contribution in [-0.4, -0.2) is 42.7 Å². The average molecular weight is 394 g/mol. The molecule has 1 atom stereocenters. The standard InChI is InChI=1S/C25H31NO3/c1-29-23-13-10-22(11-14-23)12-15-24(28)26-18-6-17-25(19-26,20-27)16-5-9-21-7-3-2-4-8-21/h2-4,7-8,10-15,27H,5-6,9,16-20H2,1H3. The molecule has 0 aliphatic carbocycles. The molecule has 1 heterocycles. The van der Waals surface area contributed by atoms with Crippen molar-refractivity contribution in [3.63, 3.8) is 0 Å². The lowest BCUT2D eigenvalue weighted by Crippen LogP contribution is -2.47.